The Balaban J connectivity index is 3.88. The molecule has 2 amide bonds. The first-order valence-electron chi connectivity index (χ1n) is 5.32. The minimum Gasteiger partial charge on any atom is -0.355 e. The van der Waals surface area contributed by atoms with Gasteiger partial charge in [0.15, 0.2) is 0 Å². The van der Waals surface area contributed by atoms with Gasteiger partial charge in [-0.3, -0.25) is 9.59 Å². The van der Waals surface area contributed by atoms with E-state index in [1.165, 1.54) is 0 Å². The van der Waals surface area contributed by atoms with Crippen LogP contribution in [0.1, 0.15) is 27.2 Å². The lowest BCUT2D eigenvalue weighted by molar-refractivity contribution is -0.127. The summed E-state index contributed by atoms with van der Waals surface area (Å²) in [4.78, 5) is 22.5. The second-order valence-electron chi connectivity index (χ2n) is 3.58. The van der Waals surface area contributed by atoms with E-state index < -0.39 is 6.04 Å². The molecule has 88 valence electrons. The molecule has 0 aromatic carbocycles. The zero-order valence-corrected chi connectivity index (χ0v) is 9.67. The first-order valence-corrected chi connectivity index (χ1v) is 5.32. The second-order valence-corrected chi connectivity index (χ2v) is 3.58. The van der Waals surface area contributed by atoms with Gasteiger partial charge in [0, 0.05) is 6.54 Å². The van der Waals surface area contributed by atoms with E-state index >= 15 is 0 Å². The maximum Gasteiger partial charge on any atom is 0.239 e. The number of carbonyl (C=O) groups excluding carboxylic acids is 2. The van der Waals surface area contributed by atoms with Gasteiger partial charge >= 0.3 is 0 Å². The highest BCUT2D eigenvalue weighted by Gasteiger charge is 2.19. The lowest BCUT2D eigenvalue weighted by Gasteiger charge is -2.17. The topological polar surface area (TPSA) is 84.2 Å². The highest BCUT2D eigenvalue weighted by atomic mass is 16.2. The van der Waals surface area contributed by atoms with Gasteiger partial charge in [0.25, 0.3) is 0 Å². The third-order valence-corrected chi connectivity index (χ3v) is 2.36. The molecule has 0 aliphatic heterocycles. The lowest BCUT2D eigenvalue weighted by atomic mass is 9.99. The van der Waals surface area contributed by atoms with Crippen LogP contribution in [0.2, 0.25) is 0 Å². The maximum atomic E-state index is 11.4. The Morgan fingerprint density at radius 2 is 1.87 bits per heavy atom. The fourth-order valence-corrected chi connectivity index (χ4v) is 1.06. The van der Waals surface area contributed by atoms with Crippen molar-refractivity contribution < 1.29 is 9.59 Å². The molecule has 5 heteroatoms. The standard InChI is InChI=1S/C10H21N3O2/c1-4-7(3)9(11)10(15)13-6-8(14)12-5-2/h7,9H,4-6,11H2,1-3H3,(H,12,14)(H,13,15)/t7-,9-/m0/s1. The van der Waals surface area contributed by atoms with Gasteiger partial charge in [-0.25, -0.2) is 0 Å². The third kappa shape index (κ3) is 5.37. The van der Waals surface area contributed by atoms with Crippen LogP contribution in [0.3, 0.4) is 0 Å². The summed E-state index contributed by atoms with van der Waals surface area (Å²) in [6, 6.07) is -0.538. The molecule has 0 heterocycles. The number of hydrogen-bond acceptors (Lipinski definition) is 3. The zero-order chi connectivity index (χ0) is 11.8. The Labute approximate surface area is 90.8 Å². The molecule has 0 spiro atoms. The van der Waals surface area contributed by atoms with E-state index in [0.29, 0.717) is 6.54 Å². The average Bonchev–Trinajstić information content (AvgIpc) is 2.24. The molecular weight excluding hydrogens is 194 g/mol. The molecule has 4 N–H and O–H groups in total. The number of amides is 2. The quantitative estimate of drug-likeness (QED) is 0.564. The summed E-state index contributed by atoms with van der Waals surface area (Å²) in [5, 5.41) is 5.09. The van der Waals surface area contributed by atoms with E-state index in [9.17, 15) is 9.59 Å². The molecule has 5 nitrogen and oxygen atoms in total. The predicted octanol–water partition coefficient (Wildman–Crippen LogP) is -0.388. The van der Waals surface area contributed by atoms with Gasteiger partial charge in [0.2, 0.25) is 11.8 Å². The molecule has 0 aliphatic carbocycles. The first kappa shape index (κ1) is 13.9. The van der Waals surface area contributed by atoms with Crippen LogP contribution in [0.15, 0.2) is 0 Å². The van der Waals surface area contributed by atoms with Crippen molar-refractivity contribution in [3.05, 3.63) is 0 Å². The predicted molar refractivity (Wildman–Crippen MR) is 59.1 cm³/mol. The molecule has 15 heavy (non-hydrogen) atoms. The van der Waals surface area contributed by atoms with Crippen molar-refractivity contribution in [3.63, 3.8) is 0 Å². The van der Waals surface area contributed by atoms with Gasteiger partial charge in [-0.1, -0.05) is 20.3 Å². The Bertz CT molecular complexity index is 219. The largest absolute Gasteiger partial charge is 0.355 e. The monoisotopic (exact) mass is 215 g/mol. The van der Waals surface area contributed by atoms with E-state index in [4.69, 9.17) is 5.73 Å². The molecular formula is C10H21N3O2. The normalized spacial score (nSPS) is 14.1. The molecule has 0 fully saturated rings. The molecule has 2 atom stereocenters. The average molecular weight is 215 g/mol. The zero-order valence-electron chi connectivity index (χ0n) is 9.67. The summed E-state index contributed by atoms with van der Waals surface area (Å²) in [5.74, 6) is -0.336. The Kier molecular flexibility index (Phi) is 6.70. The number of nitrogens with one attached hydrogen (secondary N) is 2. The Morgan fingerprint density at radius 1 is 1.27 bits per heavy atom. The molecule has 0 rings (SSSR count). The summed E-state index contributed by atoms with van der Waals surface area (Å²) in [6.45, 7) is 6.27. The first-order chi connectivity index (χ1) is 7.02. The molecule has 0 aromatic heterocycles. The van der Waals surface area contributed by atoms with Crippen LogP contribution in [-0.4, -0.2) is 30.9 Å². The molecule has 0 saturated carbocycles. The van der Waals surface area contributed by atoms with E-state index in [2.05, 4.69) is 10.6 Å². The van der Waals surface area contributed by atoms with Crippen molar-refractivity contribution in [2.75, 3.05) is 13.1 Å². The van der Waals surface area contributed by atoms with Crippen molar-refractivity contribution in [2.45, 2.75) is 33.2 Å². The number of nitrogens with two attached hydrogens (primary N) is 1. The van der Waals surface area contributed by atoms with E-state index in [1.54, 1.807) is 0 Å². The SMILES string of the molecule is CCNC(=O)CNC(=O)[C@@H](N)[C@@H](C)CC. The summed E-state index contributed by atoms with van der Waals surface area (Å²) in [5.41, 5.74) is 5.69. The molecule has 0 aromatic rings. The Morgan fingerprint density at radius 3 is 2.33 bits per heavy atom. The lowest BCUT2D eigenvalue weighted by Crippen LogP contribution is -2.47. The van der Waals surface area contributed by atoms with Crippen LogP contribution in [0, 0.1) is 5.92 Å². The molecule has 0 radical (unpaired) electrons. The summed E-state index contributed by atoms with van der Waals surface area (Å²) < 4.78 is 0. The maximum absolute atomic E-state index is 11.4. The van der Waals surface area contributed by atoms with Crippen molar-refractivity contribution in [1.29, 1.82) is 0 Å². The summed E-state index contributed by atoms with van der Waals surface area (Å²) >= 11 is 0. The highest BCUT2D eigenvalue weighted by molar-refractivity contribution is 5.87. The molecule has 0 saturated heterocycles. The van der Waals surface area contributed by atoms with Crippen LogP contribution < -0.4 is 16.4 Å². The van der Waals surface area contributed by atoms with E-state index in [0.717, 1.165) is 6.42 Å². The van der Waals surface area contributed by atoms with Gasteiger partial charge in [0.1, 0.15) is 0 Å². The van der Waals surface area contributed by atoms with Crippen LogP contribution in [0.4, 0.5) is 0 Å². The van der Waals surface area contributed by atoms with Gasteiger partial charge in [-0.15, -0.1) is 0 Å². The summed E-state index contributed by atoms with van der Waals surface area (Å²) in [6.07, 6.45) is 0.843. The summed E-state index contributed by atoms with van der Waals surface area (Å²) in [7, 11) is 0. The van der Waals surface area contributed by atoms with E-state index in [-0.39, 0.29) is 24.3 Å². The number of likely N-dealkylation sites (N-methyl/N-ethyl adjacent to an activating group) is 1. The van der Waals surface area contributed by atoms with E-state index in [1.807, 2.05) is 20.8 Å². The fraction of sp³-hybridized carbons (Fsp3) is 0.800. The number of carbonyl (C=O) groups is 2. The molecule has 0 bridgehead atoms. The van der Waals surface area contributed by atoms with Crippen molar-refractivity contribution in [1.82, 2.24) is 10.6 Å². The minimum atomic E-state index is -0.538. The van der Waals surface area contributed by atoms with Gasteiger partial charge in [-0.05, 0) is 12.8 Å². The van der Waals surface area contributed by atoms with Crippen molar-refractivity contribution >= 4 is 11.8 Å². The number of hydrogen-bond donors (Lipinski definition) is 3. The molecule has 0 aliphatic rings. The van der Waals surface area contributed by atoms with Crippen LogP contribution in [0.25, 0.3) is 0 Å². The van der Waals surface area contributed by atoms with Crippen molar-refractivity contribution in [2.24, 2.45) is 11.7 Å². The molecule has 0 unspecified atom stereocenters. The van der Waals surface area contributed by atoms with Crippen LogP contribution in [-0.2, 0) is 9.59 Å². The fourth-order valence-electron chi connectivity index (χ4n) is 1.06. The minimum absolute atomic E-state index is 0.00317. The third-order valence-electron chi connectivity index (χ3n) is 2.36. The highest BCUT2D eigenvalue weighted by Crippen LogP contribution is 2.04. The van der Waals surface area contributed by atoms with Gasteiger partial charge in [-0.2, -0.15) is 0 Å². The smallest absolute Gasteiger partial charge is 0.239 e. The van der Waals surface area contributed by atoms with Crippen molar-refractivity contribution in [3.8, 4) is 0 Å². The van der Waals surface area contributed by atoms with Crippen LogP contribution in [0.5, 0.6) is 0 Å². The second kappa shape index (κ2) is 7.23. The van der Waals surface area contributed by atoms with Crippen LogP contribution >= 0.6 is 0 Å². The number of rotatable bonds is 6. The van der Waals surface area contributed by atoms with Gasteiger partial charge in [0.05, 0.1) is 12.6 Å². The Hall–Kier alpha value is -1.10. The van der Waals surface area contributed by atoms with Gasteiger partial charge < -0.3 is 16.4 Å².